The van der Waals surface area contributed by atoms with Crippen molar-refractivity contribution in [3.63, 3.8) is 0 Å². The molecule has 8 nitrogen and oxygen atoms in total. The van der Waals surface area contributed by atoms with E-state index in [1.54, 1.807) is 24.3 Å². The maximum absolute atomic E-state index is 12.5. The van der Waals surface area contributed by atoms with Gasteiger partial charge >= 0.3 is 0 Å². The van der Waals surface area contributed by atoms with Gasteiger partial charge in [0.15, 0.2) is 11.5 Å². The molecule has 1 atom stereocenters. The number of carbonyl (C=O) groups is 1. The molecule has 0 bridgehead atoms. The molecule has 32 heavy (non-hydrogen) atoms. The molecule has 2 aromatic carbocycles. The number of hydrogen-bond donors (Lipinski definition) is 1. The van der Waals surface area contributed by atoms with E-state index in [4.69, 9.17) is 14.2 Å². The zero-order chi connectivity index (χ0) is 23.1. The number of ether oxygens (including phenoxy) is 3. The Hall–Kier alpha value is -2.94. The van der Waals surface area contributed by atoms with E-state index >= 15 is 0 Å². The highest BCUT2D eigenvalue weighted by Crippen LogP contribution is 2.33. The maximum atomic E-state index is 12.5. The van der Waals surface area contributed by atoms with Gasteiger partial charge in [-0.15, -0.1) is 0 Å². The summed E-state index contributed by atoms with van der Waals surface area (Å²) in [7, 11) is -3.54. The van der Waals surface area contributed by atoms with E-state index in [-0.39, 0.29) is 24.9 Å². The first-order valence-electron chi connectivity index (χ1n) is 10.7. The topological polar surface area (TPSA) is 94.2 Å². The monoisotopic (exact) mass is 462 g/mol. The molecule has 2 aromatic rings. The first-order chi connectivity index (χ1) is 15.3. The number of amides is 1. The van der Waals surface area contributed by atoms with Gasteiger partial charge in [0.1, 0.15) is 19.0 Å². The zero-order valence-corrected chi connectivity index (χ0v) is 19.5. The third-order valence-corrected chi connectivity index (χ3v) is 6.22. The van der Waals surface area contributed by atoms with Gasteiger partial charge in [0, 0.05) is 13.0 Å². The highest BCUT2D eigenvalue weighted by atomic mass is 32.2. The van der Waals surface area contributed by atoms with E-state index in [1.807, 2.05) is 32.0 Å². The van der Waals surface area contributed by atoms with Crippen LogP contribution >= 0.6 is 0 Å². The number of para-hydroxylation sites is 2. The second kappa shape index (κ2) is 10.6. The summed E-state index contributed by atoms with van der Waals surface area (Å²) < 4.78 is 42.8. The van der Waals surface area contributed by atoms with Crippen molar-refractivity contribution in [1.29, 1.82) is 0 Å². The number of nitrogens with zero attached hydrogens (tertiary/aromatic N) is 1. The third kappa shape index (κ3) is 6.06. The Labute approximate surface area is 189 Å². The van der Waals surface area contributed by atoms with Crippen LogP contribution in [0.15, 0.2) is 42.5 Å². The third-order valence-electron chi connectivity index (χ3n) is 5.04. The number of sulfonamides is 1. The van der Waals surface area contributed by atoms with E-state index < -0.39 is 10.0 Å². The Kier molecular flexibility index (Phi) is 7.84. The molecule has 174 valence electrons. The maximum Gasteiger partial charge on any atom is 0.232 e. The first-order valence-corrected chi connectivity index (χ1v) is 12.5. The van der Waals surface area contributed by atoms with E-state index in [0.717, 1.165) is 11.8 Å². The van der Waals surface area contributed by atoms with Crippen LogP contribution < -0.4 is 23.8 Å². The lowest BCUT2D eigenvalue weighted by atomic mass is 10.1. The highest BCUT2D eigenvalue weighted by molar-refractivity contribution is 7.92. The van der Waals surface area contributed by atoms with E-state index in [9.17, 15) is 13.2 Å². The quantitative estimate of drug-likeness (QED) is 0.582. The fourth-order valence-corrected chi connectivity index (χ4v) is 4.48. The first kappa shape index (κ1) is 23.7. The molecular weight excluding hydrogens is 432 g/mol. The number of nitrogens with one attached hydrogen (secondary N) is 1. The summed E-state index contributed by atoms with van der Waals surface area (Å²) in [6.07, 6.45) is 1.71. The molecule has 1 amide bonds. The molecule has 1 N–H and O–H groups in total. The van der Waals surface area contributed by atoms with Crippen molar-refractivity contribution in [2.24, 2.45) is 0 Å². The molecule has 3 rings (SSSR count). The fourth-order valence-electron chi connectivity index (χ4n) is 3.52. The predicted octanol–water partition coefficient (Wildman–Crippen LogP) is 3.28. The van der Waals surface area contributed by atoms with Crippen molar-refractivity contribution >= 4 is 21.6 Å². The molecule has 0 saturated heterocycles. The lowest BCUT2D eigenvalue weighted by molar-refractivity contribution is -0.121. The van der Waals surface area contributed by atoms with Crippen LogP contribution in [-0.4, -0.2) is 46.9 Å². The molecule has 1 heterocycles. The van der Waals surface area contributed by atoms with Crippen molar-refractivity contribution < 1.29 is 27.4 Å². The lowest BCUT2D eigenvalue weighted by Crippen LogP contribution is -2.33. The van der Waals surface area contributed by atoms with E-state index in [2.05, 4.69) is 5.32 Å². The predicted molar refractivity (Wildman–Crippen MR) is 123 cm³/mol. The van der Waals surface area contributed by atoms with Crippen LogP contribution in [0.2, 0.25) is 0 Å². The van der Waals surface area contributed by atoms with Gasteiger partial charge in [0.25, 0.3) is 0 Å². The standard InChI is InChI=1S/C23H30N2O6S/c1-4-29-20-9-6-5-8-19(20)25(32(3,27)28)13-7-10-23(26)24-17(2)18-11-12-21-22(16-18)31-15-14-30-21/h5-6,8-9,11-12,16-17H,4,7,10,13-15H2,1-3H3,(H,24,26)/t17-/m0/s1. The minimum absolute atomic E-state index is 0.154. The molecule has 1 aliphatic heterocycles. The average molecular weight is 463 g/mol. The molecule has 0 radical (unpaired) electrons. The van der Waals surface area contributed by atoms with Crippen LogP contribution in [-0.2, 0) is 14.8 Å². The lowest BCUT2D eigenvalue weighted by Gasteiger charge is -2.24. The van der Waals surface area contributed by atoms with Crippen molar-refractivity contribution in [3.05, 3.63) is 48.0 Å². The summed E-state index contributed by atoms with van der Waals surface area (Å²) in [4.78, 5) is 12.5. The molecule has 0 spiro atoms. The molecule has 0 saturated carbocycles. The van der Waals surface area contributed by atoms with Gasteiger partial charge < -0.3 is 19.5 Å². The summed E-state index contributed by atoms with van der Waals surface area (Å²) in [5, 5.41) is 2.96. The number of benzene rings is 2. The summed E-state index contributed by atoms with van der Waals surface area (Å²) >= 11 is 0. The number of carbonyl (C=O) groups excluding carboxylic acids is 1. The van der Waals surface area contributed by atoms with Crippen molar-refractivity contribution in [2.45, 2.75) is 32.7 Å². The Morgan fingerprint density at radius 1 is 1.16 bits per heavy atom. The molecule has 0 aliphatic carbocycles. The molecule has 0 aromatic heterocycles. The molecule has 0 fully saturated rings. The van der Waals surface area contributed by atoms with E-state index in [0.29, 0.717) is 49.2 Å². The molecule has 0 unspecified atom stereocenters. The minimum atomic E-state index is -3.54. The van der Waals surface area contributed by atoms with Gasteiger partial charge in [-0.1, -0.05) is 18.2 Å². The zero-order valence-electron chi connectivity index (χ0n) is 18.7. The average Bonchev–Trinajstić information content (AvgIpc) is 2.76. The van der Waals surface area contributed by atoms with Crippen molar-refractivity contribution in [1.82, 2.24) is 5.32 Å². The Morgan fingerprint density at radius 2 is 1.88 bits per heavy atom. The number of rotatable bonds is 10. The summed E-state index contributed by atoms with van der Waals surface area (Å²) in [6, 6.07) is 12.4. The summed E-state index contributed by atoms with van der Waals surface area (Å²) in [5.41, 5.74) is 1.38. The van der Waals surface area contributed by atoms with Crippen LogP contribution in [0.4, 0.5) is 5.69 Å². The van der Waals surface area contributed by atoms with Crippen LogP contribution in [0.3, 0.4) is 0 Å². The van der Waals surface area contributed by atoms with E-state index in [1.165, 1.54) is 4.31 Å². The van der Waals surface area contributed by atoms with Gasteiger partial charge in [-0.25, -0.2) is 8.42 Å². The molecule has 1 aliphatic rings. The van der Waals surface area contributed by atoms with Gasteiger partial charge in [0.2, 0.25) is 15.9 Å². The normalized spacial score (nSPS) is 13.8. The number of anilines is 1. The van der Waals surface area contributed by atoms with Crippen LogP contribution in [0.5, 0.6) is 17.2 Å². The summed E-state index contributed by atoms with van der Waals surface area (Å²) in [5.74, 6) is 1.72. The minimum Gasteiger partial charge on any atom is -0.492 e. The number of hydrogen-bond acceptors (Lipinski definition) is 6. The van der Waals surface area contributed by atoms with Crippen LogP contribution in [0, 0.1) is 0 Å². The second-order valence-electron chi connectivity index (χ2n) is 7.53. The second-order valence-corrected chi connectivity index (χ2v) is 9.44. The highest BCUT2D eigenvalue weighted by Gasteiger charge is 2.21. The smallest absolute Gasteiger partial charge is 0.232 e. The van der Waals surface area contributed by atoms with Gasteiger partial charge in [-0.2, -0.15) is 0 Å². The van der Waals surface area contributed by atoms with Crippen molar-refractivity contribution in [2.75, 3.05) is 36.9 Å². The Bertz CT molecular complexity index is 1040. The van der Waals surface area contributed by atoms with Crippen LogP contribution in [0.1, 0.15) is 38.3 Å². The van der Waals surface area contributed by atoms with Gasteiger partial charge in [0.05, 0.1) is 24.6 Å². The number of fused-ring (bicyclic) bond motifs is 1. The summed E-state index contributed by atoms with van der Waals surface area (Å²) in [6.45, 7) is 5.36. The Morgan fingerprint density at radius 3 is 2.59 bits per heavy atom. The SMILES string of the molecule is CCOc1ccccc1N(CCCC(=O)N[C@@H](C)c1ccc2c(c1)OCCO2)S(C)(=O)=O. The molecule has 9 heteroatoms. The largest absolute Gasteiger partial charge is 0.492 e. The molecular formula is C23H30N2O6S. The van der Waals surface area contributed by atoms with Crippen LogP contribution in [0.25, 0.3) is 0 Å². The Balaban J connectivity index is 1.59. The fraction of sp³-hybridized carbons (Fsp3) is 0.435. The van der Waals surface area contributed by atoms with Gasteiger partial charge in [-0.05, 0) is 50.1 Å². The van der Waals surface area contributed by atoms with Crippen molar-refractivity contribution in [3.8, 4) is 17.2 Å². The van der Waals surface area contributed by atoms with Gasteiger partial charge in [-0.3, -0.25) is 9.10 Å².